The van der Waals surface area contributed by atoms with Crippen LogP contribution in [0.2, 0.25) is 0 Å². The summed E-state index contributed by atoms with van der Waals surface area (Å²) in [5, 5.41) is 0. The van der Waals surface area contributed by atoms with Crippen LogP contribution < -0.4 is 0 Å². The third-order valence-corrected chi connectivity index (χ3v) is 11.8. The molecule has 0 N–H and O–H groups in total. The average Bonchev–Trinajstić information content (AvgIpc) is 3.38. The summed E-state index contributed by atoms with van der Waals surface area (Å²) in [4.78, 5) is 14.2. The molecular formula is C26H26F8N2O5S2. The number of sulfonamides is 1. The van der Waals surface area contributed by atoms with Gasteiger partial charge in [-0.15, -0.1) is 0 Å². The van der Waals surface area contributed by atoms with Crippen molar-refractivity contribution in [1.29, 1.82) is 0 Å². The number of alkyl halides is 7. The SMILES string of the molecule is CS(=O)(=O)N1CCC(C(=O)N2CC[C@](c3ccc(C(F)(C(F)(F)F)C(F)(F)F)cc3)(S(=O)(=O)c3ccc(F)cc3)C2)CC1. The number of hydrogen-bond donors (Lipinski definition) is 0. The van der Waals surface area contributed by atoms with E-state index >= 15 is 0 Å². The molecule has 0 aromatic heterocycles. The molecule has 2 fully saturated rings. The molecule has 2 saturated heterocycles. The number of likely N-dealkylation sites (tertiary alicyclic amines) is 1. The van der Waals surface area contributed by atoms with E-state index in [0.29, 0.717) is 12.1 Å². The summed E-state index contributed by atoms with van der Waals surface area (Å²) in [6.45, 7) is -0.637. The average molecular weight is 663 g/mol. The van der Waals surface area contributed by atoms with Gasteiger partial charge in [-0.25, -0.2) is 29.9 Å². The second kappa shape index (κ2) is 11.0. The number of carbonyl (C=O) groups is 1. The highest BCUT2D eigenvalue weighted by Crippen LogP contribution is 2.54. The number of piperidine rings is 1. The number of halogens is 8. The maximum absolute atomic E-state index is 14.7. The predicted octanol–water partition coefficient (Wildman–Crippen LogP) is 4.69. The van der Waals surface area contributed by atoms with E-state index in [1.165, 1.54) is 9.21 Å². The van der Waals surface area contributed by atoms with Crippen LogP contribution in [0.3, 0.4) is 0 Å². The summed E-state index contributed by atoms with van der Waals surface area (Å²) in [5.74, 6) is -1.95. The van der Waals surface area contributed by atoms with Crippen molar-refractivity contribution >= 4 is 25.8 Å². The lowest BCUT2D eigenvalue weighted by Crippen LogP contribution is -2.50. The van der Waals surface area contributed by atoms with Gasteiger partial charge < -0.3 is 4.90 Å². The predicted molar refractivity (Wildman–Crippen MR) is 137 cm³/mol. The molecule has 4 rings (SSSR count). The van der Waals surface area contributed by atoms with Gasteiger partial charge in [-0.05, 0) is 49.1 Å². The molecule has 2 aliphatic rings. The summed E-state index contributed by atoms with van der Waals surface area (Å²) in [5.41, 5.74) is -7.84. The van der Waals surface area contributed by atoms with Crippen LogP contribution in [0.1, 0.15) is 30.4 Å². The lowest BCUT2D eigenvalue weighted by molar-refractivity contribution is -0.348. The molecule has 43 heavy (non-hydrogen) atoms. The van der Waals surface area contributed by atoms with Gasteiger partial charge in [0, 0.05) is 37.7 Å². The van der Waals surface area contributed by atoms with Crippen molar-refractivity contribution in [3.05, 3.63) is 65.5 Å². The lowest BCUT2D eigenvalue weighted by Gasteiger charge is -2.34. The summed E-state index contributed by atoms with van der Waals surface area (Å²) in [6.07, 6.45) is -11.8. The topological polar surface area (TPSA) is 91.8 Å². The zero-order valence-corrected chi connectivity index (χ0v) is 24.1. The van der Waals surface area contributed by atoms with E-state index in [4.69, 9.17) is 0 Å². The molecule has 0 bridgehead atoms. The van der Waals surface area contributed by atoms with E-state index in [1.807, 2.05) is 0 Å². The first-order valence-electron chi connectivity index (χ1n) is 12.8. The fourth-order valence-corrected chi connectivity index (χ4v) is 8.56. The molecule has 1 amide bonds. The van der Waals surface area contributed by atoms with Gasteiger partial charge in [-0.1, -0.05) is 24.3 Å². The standard InChI is InChI=1S/C26H26F8N2O5S2/c1-42(38,39)36-13-10-17(11-14-36)22(37)35-15-12-23(16-35,43(40,41)21-8-6-20(27)7-9-21)18-2-4-19(5-3-18)24(28,25(29,30)31)26(32,33)34/h2-9,17H,10-16H2,1H3/t23-/m0/s1. The molecule has 17 heteroatoms. The first kappa shape index (κ1) is 33.1. The Hall–Kier alpha value is -2.79. The van der Waals surface area contributed by atoms with Gasteiger partial charge in [-0.2, -0.15) is 26.3 Å². The molecule has 2 heterocycles. The van der Waals surface area contributed by atoms with Gasteiger partial charge in [0.2, 0.25) is 15.9 Å². The maximum Gasteiger partial charge on any atom is 0.435 e. The summed E-state index contributed by atoms with van der Waals surface area (Å²) >= 11 is 0. The lowest BCUT2D eigenvalue weighted by atomic mass is 9.90. The zero-order valence-electron chi connectivity index (χ0n) is 22.4. The second-order valence-electron chi connectivity index (χ2n) is 10.6. The normalized spacial score (nSPS) is 21.7. The number of hydrogen-bond acceptors (Lipinski definition) is 5. The van der Waals surface area contributed by atoms with Crippen molar-refractivity contribution in [2.45, 2.75) is 46.9 Å². The van der Waals surface area contributed by atoms with E-state index in [-0.39, 0.29) is 56.6 Å². The van der Waals surface area contributed by atoms with Crippen LogP contribution in [-0.2, 0) is 35.1 Å². The largest absolute Gasteiger partial charge is 0.435 e. The minimum atomic E-state index is -6.38. The van der Waals surface area contributed by atoms with E-state index in [2.05, 4.69) is 0 Å². The quantitative estimate of drug-likeness (QED) is 0.331. The first-order valence-corrected chi connectivity index (χ1v) is 16.2. The van der Waals surface area contributed by atoms with Crippen LogP contribution in [0.5, 0.6) is 0 Å². The summed E-state index contributed by atoms with van der Waals surface area (Å²) in [7, 11) is -8.09. The number of rotatable bonds is 6. The van der Waals surface area contributed by atoms with Crippen molar-refractivity contribution in [2.75, 3.05) is 32.4 Å². The Kier molecular flexibility index (Phi) is 8.45. The Balaban J connectivity index is 1.74. The number of sulfone groups is 1. The van der Waals surface area contributed by atoms with Gasteiger partial charge >= 0.3 is 18.0 Å². The van der Waals surface area contributed by atoms with Crippen LogP contribution in [0, 0.1) is 11.7 Å². The van der Waals surface area contributed by atoms with Crippen molar-refractivity contribution in [3.63, 3.8) is 0 Å². The van der Waals surface area contributed by atoms with Gasteiger partial charge in [0.15, 0.2) is 9.84 Å². The summed E-state index contributed by atoms with van der Waals surface area (Å²) < 4.78 is 159. The third-order valence-electron chi connectivity index (χ3n) is 8.04. The fourth-order valence-electron chi connectivity index (χ4n) is 5.60. The highest BCUT2D eigenvalue weighted by atomic mass is 32.2. The number of amides is 1. The second-order valence-corrected chi connectivity index (χ2v) is 14.9. The smallest absolute Gasteiger partial charge is 0.340 e. The molecule has 2 aromatic rings. The number of nitrogens with zero attached hydrogens (tertiary/aromatic N) is 2. The number of benzene rings is 2. The van der Waals surface area contributed by atoms with Crippen LogP contribution in [0.15, 0.2) is 53.4 Å². The molecule has 2 aliphatic heterocycles. The molecule has 2 aromatic carbocycles. The van der Waals surface area contributed by atoms with Crippen LogP contribution >= 0.6 is 0 Å². The van der Waals surface area contributed by atoms with E-state index in [0.717, 1.165) is 30.5 Å². The highest BCUT2D eigenvalue weighted by Gasteiger charge is 2.73. The first-order chi connectivity index (χ1) is 19.6. The van der Waals surface area contributed by atoms with Gasteiger partial charge in [0.05, 0.1) is 11.2 Å². The Labute approximate surface area is 242 Å². The molecule has 0 saturated carbocycles. The van der Waals surface area contributed by atoms with Crippen molar-refractivity contribution in [1.82, 2.24) is 9.21 Å². The Morgan fingerprint density at radius 2 is 1.33 bits per heavy atom. The Bertz CT molecular complexity index is 1560. The molecule has 0 unspecified atom stereocenters. The molecular weight excluding hydrogens is 636 g/mol. The minimum Gasteiger partial charge on any atom is -0.340 e. The number of carbonyl (C=O) groups excluding carboxylic acids is 1. The maximum atomic E-state index is 14.7. The van der Waals surface area contributed by atoms with Crippen LogP contribution in [-0.4, -0.2) is 76.7 Å². The molecule has 0 spiro atoms. The molecule has 0 aliphatic carbocycles. The summed E-state index contributed by atoms with van der Waals surface area (Å²) in [6, 6.07) is 5.30. The molecule has 1 atom stereocenters. The van der Waals surface area contributed by atoms with E-state index in [9.17, 15) is 56.8 Å². The van der Waals surface area contributed by atoms with Gasteiger partial charge in [0.1, 0.15) is 10.6 Å². The zero-order chi connectivity index (χ0) is 32.2. The van der Waals surface area contributed by atoms with E-state index < -0.39 is 77.3 Å². The van der Waals surface area contributed by atoms with Crippen LogP contribution in [0.25, 0.3) is 0 Å². The Morgan fingerprint density at radius 1 is 0.814 bits per heavy atom. The van der Waals surface area contributed by atoms with Crippen LogP contribution in [0.4, 0.5) is 35.1 Å². The monoisotopic (exact) mass is 662 g/mol. The fraction of sp³-hybridized carbons (Fsp3) is 0.500. The highest BCUT2D eigenvalue weighted by molar-refractivity contribution is 7.92. The molecule has 0 radical (unpaired) electrons. The molecule has 238 valence electrons. The van der Waals surface area contributed by atoms with Gasteiger partial charge in [-0.3, -0.25) is 4.79 Å². The van der Waals surface area contributed by atoms with Crippen molar-refractivity contribution in [2.24, 2.45) is 5.92 Å². The van der Waals surface area contributed by atoms with Crippen molar-refractivity contribution in [3.8, 4) is 0 Å². The van der Waals surface area contributed by atoms with E-state index in [1.54, 1.807) is 0 Å². The Morgan fingerprint density at radius 3 is 1.79 bits per heavy atom. The third kappa shape index (κ3) is 5.75. The van der Waals surface area contributed by atoms with Gasteiger partial charge in [0.25, 0.3) is 0 Å². The minimum absolute atomic E-state index is 0.0486. The molecule has 7 nitrogen and oxygen atoms in total. The van der Waals surface area contributed by atoms with Crippen molar-refractivity contribution < 1.29 is 56.8 Å².